The predicted molar refractivity (Wildman–Crippen MR) is 118 cm³/mol. The van der Waals surface area contributed by atoms with Gasteiger partial charge < -0.3 is 20.4 Å². The van der Waals surface area contributed by atoms with Crippen LogP contribution >= 0.6 is 11.6 Å². The normalized spacial score (nSPS) is 19.1. The zero-order chi connectivity index (χ0) is 24.4. The van der Waals surface area contributed by atoms with Crippen molar-refractivity contribution in [3.05, 3.63) is 34.9 Å². The molecule has 1 saturated heterocycles. The van der Waals surface area contributed by atoms with Crippen LogP contribution in [0.1, 0.15) is 61.6 Å². The van der Waals surface area contributed by atoms with Crippen LogP contribution < -0.4 is 5.32 Å². The van der Waals surface area contributed by atoms with E-state index in [0.29, 0.717) is 31.4 Å². The SMILES string of the molecule is CC1(O)CN(C(=O)C(CC/C=C(\Cl)c2cc(C3CC3)cc(C(F)(F)F)c2O)CCNC=O)C1. The van der Waals surface area contributed by atoms with Crippen LogP contribution in [-0.4, -0.2) is 52.7 Å². The Morgan fingerprint density at radius 3 is 2.55 bits per heavy atom. The number of phenolic OH excluding ortho intramolecular Hbond substituents is 1. The maximum Gasteiger partial charge on any atom is 0.419 e. The number of hydrogen-bond donors (Lipinski definition) is 3. The van der Waals surface area contributed by atoms with E-state index >= 15 is 0 Å². The monoisotopic (exact) mass is 488 g/mol. The van der Waals surface area contributed by atoms with E-state index in [4.69, 9.17) is 11.6 Å². The van der Waals surface area contributed by atoms with Crippen LogP contribution in [-0.2, 0) is 15.8 Å². The molecule has 3 rings (SSSR count). The van der Waals surface area contributed by atoms with E-state index in [2.05, 4.69) is 5.32 Å². The summed E-state index contributed by atoms with van der Waals surface area (Å²) in [5.74, 6) is -1.47. The molecule has 0 radical (unpaired) electrons. The Labute approximate surface area is 195 Å². The summed E-state index contributed by atoms with van der Waals surface area (Å²) < 4.78 is 40.2. The molecule has 2 amide bonds. The lowest BCUT2D eigenvalue weighted by molar-refractivity contribution is -0.157. The van der Waals surface area contributed by atoms with Gasteiger partial charge in [0.25, 0.3) is 0 Å². The molecule has 1 heterocycles. The van der Waals surface area contributed by atoms with Crippen molar-refractivity contribution >= 4 is 29.0 Å². The summed E-state index contributed by atoms with van der Waals surface area (Å²) in [6.45, 7) is 2.38. The van der Waals surface area contributed by atoms with Crippen molar-refractivity contribution in [1.29, 1.82) is 0 Å². The fraction of sp³-hybridized carbons (Fsp3) is 0.565. The fourth-order valence-electron chi connectivity index (χ4n) is 4.13. The molecule has 3 N–H and O–H groups in total. The average molecular weight is 489 g/mol. The molecule has 1 unspecified atom stereocenters. The Kier molecular flexibility index (Phi) is 7.63. The number of amides is 2. The largest absolute Gasteiger partial charge is 0.507 e. The lowest BCUT2D eigenvalue weighted by Crippen LogP contribution is -2.62. The highest BCUT2D eigenvalue weighted by molar-refractivity contribution is 6.49. The van der Waals surface area contributed by atoms with Crippen molar-refractivity contribution in [3.63, 3.8) is 0 Å². The third-order valence-electron chi connectivity index (χ3n) is 6.03. The van der Waals surface area contributed by atoms with E-state index in [0.717, 1.165) is 18.9 Å². The van der Waals surface area contributed by atoms with Crippen molar-refractivity contribution in [1.82, 2.24) is 10.2 Å². The summed E-state index contributed by atoms with van der Waals surface area (Å²) in [4.78, 5) is 24.9. The summed E-state index contributed by atoms with van der Waals surface area (Å²) in [5.41, 5.74) is -1.59. The first-order valence-corrected chi connectivity index (χ1v) is 11.3. The van der Waals surface area contributed by atoms with Gasteiger partial charge in [0.05, 0.1) is 24.3 Å². The molecule has 2 aliphatic rings. The summed E-state index contributed by atoms with van der Waals surface area (Å²) >= 11 is 6.31. The number of benzene rings is 1. The van der Waals surface area contributed by atoms with Gasteiger partial charge in [0, 0.05) is 23.1 Å². The molecule has 1 aromatic carbocycles. The van der Waals surface area contributed by atoms with Crippen molar-refractivity contribution < 1.29 is 33.0 Å². The van der Waals surface area contributed by atoms with Gasteiger partial charge in [-0.1, -0.05) is 17.7 Å². The Balaban J connectivity index is 1.73. The highest BCUT2D eigenvalue weighted by Crippen LogP contribution is 2.47. The Hall–Kier alpha value is -2.26. The Morgan fingerprint density at radius 2 is 2.00 bits per heavy atom. The fourth-order valence-corrected chi connectivity index (χ4v) is 4.38. The smallest absolute Gasteiger partial charge is 0.419 e. The average Bonchev–Trinajstić information content (AvgIpc) is 3.55. The van der Waals surface area contributed by atoms with Gasteiger partial charge in [0.1, 0.15) is 5.75 Å². The van der Waals surface area contributed by atoms with Crippen LogP contribution in [0.4, 0.5) is 13.2 Å². The number of allylic oxidation sites excluding steroid dienone is 1. The second-order valence-corrected chi connectivity index (χ2v) is 9.52. The Morgan fingerprint density at radius 1 is 1.33 bits per heavy atom. The van der Waals surface area contributed by atoms with Crippen molar-refractivity contribution in [2.45, 2.75) is 56.7 Å². The van der Waals surface area contributed by atoms with Crippen LogP contribution in [0.3, 0.4) is 0 Å². The van der Waals surface area contributed by atoms with Crippen LogP contribution in [0.2, 0.25) is 0 Å². The van der Waals surface area contributed by atoms with Crippen LogP contribution in [0.25, 0.3) is 5.03 Å². The topological polar surface area (TPSA) is 89.9 Å². The minimum Gasteiger partial charge on any atom is -0.507 e. The third-order valence-corrected chi connectivity index (χ3v) is 6.38. The maximum atomic E-state index is 13.4. The van der Waals surface area contributed by atoms with Crippen LogP contribution in [0.5, 0.6) is 5.75 Å². The van der Waals surface area contributed by atoms with Crippen LogP contribution in [0.15, 0.2) is 18.2 Å². The first kappa shape index (κ1) is 25.4. The zero-order valence-electron chi connectivity index (χ0n) is 18.3. The highest BCUT2D eigenvalue weighted by atomic mass is 35.5. The third kappa shape index (κ3) is 6.41. The van der Waals surface area contributed by atoms with Gasteiger partial charge in [-0.25, -0.2) is 0 Å². The summed E-state index contributed by atoms with van der Waals surface area (Å²) in [7, 11) is 0. The summed E-state index contributed by atoms with van der Waals surface area (Å²) in [6, 6.07) is 2.48. The number of carbonyl (C=O) groups is 2. The second-order valence-electron chi connectivity index (χ2n) is 9.11. The molecule has 0 bridgehead atoms. The number of alkyl halides is 3. The van der Waals surface area contributed by atoms with E-state index < -0.39 is 29.0 Å². The maximum absolute atomic E-state index is 13.4. The number of nitrogens with zero attached hydrogens (tertiary/aromatic N) is 1. The second kappa shape index (κ2) is 9.93. The van der Waals surface area contributed by atoms with E-state index in [1.54, 1.807) is 6.92 Å². The molecule has 1 aromatic rings. The number of aromatic hydroxyl groups is 1. The lowest BCUT2D eigenvalue weighted by Gasteiger charge is -2.45. The highest BCUT2D eigenvalue weighted by Gasteiger charge is 2.41. The van der Waals surface area contributed by atoms with Gasteiger partial charge in [0.2, 0.25) is 12.3 Å². The molecule has 33 heavy (non-hydrogen) atoms. The molecule has 1 atom stereocenters. The first-order valence-electron chi connectivity index (χ1n) is 10.9. The minimum absolute atomic E-state index is 0.00963. The lowest BCUT2D eigenvalue weighted by atomic mass is 9.91. The van der Waals surface area contributed by atoms with Gasteiger partial charge in [-0.05, 0) is 62.6 Å². The standard InChI is InChI=1S/C23H28ClF3N2O4/c1-22(33)11-29(12-22)21(32)15(7-8-28-13-30)3-2-4-19(24)17-9-16(14-5-6-14)10-18(20(17)31)23(25,26)27/h4,9-10,13-15,31,33H,2-3,5-8,11-12H2,1H3,(H,28,30)/b19-4-. The van der Waals surface area contributed by atoms with E-state index in [-0.39, 0.29) is 41.9 Å². The van der Waals surface area contributed by atoms with Crippen molar-refractivity contribution in [2.24, 2.45) is 5.92 Å². The number of carbonyl (C=O) groups excluding carboxylic acids is 2. The summed E-state index contributed by atoms with van der Waals surface area (Å²) in [6.07, 6.45) is -0.0490. The molecule has 0 spiro atoms. The van der Waals surface area contributed by atoms with E-state index in [9.17, 15) is 33.0 Å². The van der Waals surface area contributed by atoms with E-state index in [1.807, 2.05) is 0 Å². The molecule has 10 heteroatoms. The number of phenols is 1. The quantitative estimate of drug-likeness (QED) is 0.343. The van der Waals surface area contributed by atoms with E-state index in [1.165, 1.54) is 17.0 Å². The Bertz CT molecular complexity index is 921. The van der Waals surface area contributed by atoms with Crippen LogP contribution in [0, 0.1) is 5.92 Å². The molecular weight excluding hydrogens is 461 g/mol. The molecule has 0 aromatic heterocycles. The zero-order valence-corrected chi connectivity index (χ0v) is 19.0. The molecule has 1 saturated carbocycles. The molecular formula is C23H28ClF3N2O4. The molecule has 1 aliphatic carbocycles. The molecule has 1 aliphatic heterocycles. The number of rotatable bonds is 10. The van der Waals surface area contributed by atoms with Crippen molar-refractivity contribution in [3.8, 4) is 5.75 Å². The number of hydrogen-bond acceptors (Lipinski definition) is 4. The number of likely N-dealkylation sites (tertiary alicyclic amines) is 1. The number of nitrogens with one attached hydrogen (secondary N) is 1. The predicted octanol–water partition coefficient (Wildman–Crippen LogP) is 3.99. The number of halogens is 4. The van der Waals surface area contributed by atoms with Gasteiger partial charge in [-0.3, -0.25) is 9.59 Å². The van der Waals surface area contributed by atoms with Gasteiger partial charge >= 0.3 is 6.18 Å². The number of aliphatic hydroxyl groups is 1. The van der Waals surface area contributed by atoms with Gasteiger partial charge in [-0.2, -0.15) is 13.2 Å². The van der Waals surface area contributed by atoms with Gasteiger partial charge in [-0.15, -0.1) is 0 Å². The number of β-amino-alcohol motifs (C(OH)–C–C–N with tert-alkyl or cyclic N) is 1. The van der Waals surface area contributed by atoms with Gasteiger partial charge in [0.15, 0.2) is 0 Å². The minimum atomic E-state index is -4.71. The van der Waals surface area contributed by atoms with Crippen molar-refractivity contribution in [2.75, 3.05) is 19.6 Å². The summed E-state index contributed by atoms with van der Waals surface area (Å²) in [5, 5.41) is 22.7. The molecule has 2 fully saturated rings. The molecule has 182 valence electrons. The first-order chi connectivity index (χ1) is 15.4. The molecule has 6 nitrogen and oxygen atoms in total.